The molecule has 2 aromatic rings. The molecule has 1 saturated heterocycles. The van der Waals surface area contributed by atoms with E-state index >= 15 is 0 Å². The highest BCUT2D eigenvalue weighted by atomic mass is 79.9. The van der Waals surface area contributed by atoms with Crippen molar-refractivity contribution in [2.45, 2.75) is 0 Å². The Balaban J connectivity index is 1.86. The maximum atomic E-state index is 12.7. The summed E-state index contributed by atoms with van der Waals surface area (Å²) < 4.78 is 2.08. The standard InChI is InChI=1S/C19H14Br2OS/c20-17-5-1-13(2-6-17)9-15-11-23-12-16(19(15)22)10-14-3-7-18(21)8-4-14/h1-10H,11-12H2. The van der Waals surface area contributed by atoms with Crippen molar-refractivity contribution in [3.8, 4) is 0 Å². The smallest absolute Gasteiger partial charge is 0.186 e. The normalized spacial score (nSPS) is 18.6. The van der Waals surface area contributed by atoms with Gasteiger partial charge < -0.3 is 0 Å². The number of hydrogen-bond donors (Lipinski definition) is 0. The Morgan fingerprint density at radius 2 is 1.13 bits per heavy atom. The number of carbonyl (C=O) groups is 1. The number of halogens is 2. The molecule has 0 aromatic heterocycles. The average molecular weight is 450 g/mol. The molecule has 0 unspecified atom stereocenters. The highest BCUT2D eigenvalue weighted by molar-refractivity contribution is 9.10. The van der Waals surface area contributed by atoms with Crippen LogP contribution in [0.3, 0.4) is 0 Å². The summed E-state index contributed by atoms with van der Waals surface area (Å²) in [5.41, 5.74) is 3.85. The van der Waals surface area contributed by atoms with E-state index in [1.807, 2.05) is 60.7 Å². The van der Waals surface area contributed by atoms with Gasteiger partial charge in [0.25, 0.3) is 0 Å². The Bertz CT molecular complexity index is 709. The lowest BCUT2D eigenvalue weighted by atomic mass is 10.0. The van der Waals surface area contributed by atoms with Crippen molar-refractivity contribution in [2.24, 2.45) is 0 Å². The lowest BCUT2D eigenvalue weighted by molar-refractivity contribution is -0.112. The van der Waals surface area contributed by atoms with E-state index in [4.69, 9.17) is 0 Å². The molecule has 3 rings (SSSR count). The fraction of sp³-hybridized carbons (Fsp3) is 0.105. The van der Waals surface area contributed by atoms with Crippen LogP contribution in [-0.2, 0) is 4.79 Å². The topological polar surface area (TPSA) is 17.1 Å². The lowest BCUT2D eigenvalue weighted by Gasteiger charge is -2.16. The largest absolute Gasteiger partial charge is 0.289 e. The summed E-state index contributed by atoms with van der Waals surface area (Å²) in [4.78, 5) is 12.7. The van der Waals surface area contributed by atoms with E-state index in [0.29, 0.717) is 0 Å². The van der Waals surface area contributed by atoms with Gasteiger partial charge in [0, 0.05) is 31.6 Å². The number of carbonyl (C=O) groups excluding carboxylic acids is 1. The van der Waals surface area contributed by atoms with Crippen molar-refractivity contribution in [2.75, 3.05) is 11.5 Å². The highest BCUT2D eigenvalue weighted by Gasteiger charge is 2.20. The van der Waals surface area contributed by atoms with Crippen molar-refractivity contribution in [3.05, 3.63) is 79.7 Å². The number of hydrogen-bond acceptors (Lipinski definition) is 2. The molecule has 0 N–H and O–H groups in total. The molecule has 0 amide bonds. The van der Waals surface area contributed by atoms with Crippen LogP contribution in [-0.4, -0.2) is 17.3 Å². The molecule has 1 aliphatic heterocycles. The van der Waals surface area contributed by atoms with E-state index < -0.39 is 0 Å². The van der Waals surface area contributed by atoms with Crippen molar-refractivity contribution in [1.29, 1.82) is 0 Å². The van der Waals surface area contributed by atoms with E-state index in [0.717, 1.165) is 42.7 Å². The van der Waals surface area contributed by atoms with Crippen LogP contribution in [0.25, 0.3) is 12.2 Å². The number of benzene rings is 2. The Hall–Kier alpha value is -1.10. The van der Waals surface area contributed by atoms with Crippen LogP contribution in [0, 0.1) is 0 Å². The molecule has 23 heavy (non-hydrogen) atoms. The quantitative estimate of drug-likeness (QED) is 0.523. The lowest BCUT2D eigenvalue weighted by Crippen LogP contribution is -2.16. The molecule has 0 spiro atoms. The first kappa shape index (κ1) is 16.7. The van der Waals surface area contributed by atoms with Gasteiger partial charge in [0.05, 0.1) is 0 Å². The van der Waals surface area contributed by atoms with Gasteiger partial charge >= 0.3 is 0 Å². The molecule has 4 heteroatoms. The second-order valence-corrected chi connectivity index (χ2v) is 8.08. The first-order chi connectivity index (χ1) is 11.1. The second kappa shape index (κ2) is 7.65. The van der Waals surface area contributed by atoms with Crippen LogP contribution in [0.5, 0.6) is 0 Å². The molecule has 0 bridgehead atoms. The van der Waals surface area contributed by atoms with E-state index in [2.05, 4.69) is 31.9 Å². The van der Waals surface area contributed by atoms with E-state index in [1.165, 1.54) is 0 Å². The molecule has 1 aliphatic rings. The second-order valence-electron chi connectivity index (χ2n) is 5.26. The SMILES string of the molecule is O=C1C(=Cc2ccc(Br)cc2)CSCC1=Cc1ccc(Br)cc1. The monoisotopic (exact) mass is 448 g/mol. The summed E-state index contributed by atoms with van der Waals surface area (Å²) in [6, 6.07) is 16.0. The maximum Gasteiger partial charge on any atom is 0.186 e. The first-order valence-electron chi connectivity index (χ1n) is 7.16. The van der Waals surface area contributed by atoms with Crippen molar-refractivity contribution in [3.63, 3.8) is 0 Å². The van der Waals surface area contributed by atoms with Crippen LogP contribution in [0.1, 0.15) is 11.1 Å². The molecular weight excluding hydrogens is 436 g/mol. The molecule has 1 nitrogen and oxygen atoms in total. The van der Waals surface area contributed by atoms with Gasteiger partial charge in [-0.25, -0.2) is 0 Å². The zero-order valence-corrected chi connectivity index (χ0v) is 16.2. The number of ketones is 1. The van der Waals surface area contributed by atoms with Gasteiger partial charge in [-0.15, -0.1) is 0 Å². The Labute approximate surface area is 157 Å². The maximum absolute atomic E-state index is 12.7. The van der Waals surface area contributed by atoms with Crippen molar-refractivity contribution < 1.29 is 4.79 Å². The van der Waals surface area contributed by atoms with Gasteiger partial charge in [-0.05, 0) is 47.5 Å². The Morgan fingerprint density at radius 1 is 0.739 bits per heavy atom. The average Bonchev–Trinajstić information content (AvgIpc) is 2.55. The molecule has 1 heterocycles. The molecule has 1 fully saturated rings. The third kappa shape index (κ3) is 4.46. The molecule has 0 saturated carbocycles. The van der Waals surface area contributed by atoms with Gasteiger partial charge in [-0.3, -0.25) is 4.79 Å². The van der Waals surface area contributed by atoms with Crippen LogP contribution in [0.2, 0.25) is 0 Å². The van der Waals surface area contributed by atoms with E-state index in [1.54, 1.807) is 11.8 Å². The van der Waals surface area contributed by atoms with Gasteiger partial charge in [-0.1, -0.05) is 56.1 Å². The van der Waals surface area contributed by atoms with Gasteiger partial charge in [-0.2, -0.15) is 11.8 Å². The third-order valence-corrected chi connectivity index (χ3v) is 5.61. The van der Waals surface area contributed by atoms with Crippen LogP contribution in [0.15, 0.2) is 68.6 Å². The summed E-state index contributed by atoms with van der Waals surface area (Å²) in [6.07, 6.45) is 3.99. The summed E-state index contributed by atoms with van der Waals surface area (Å²) in [7, 11) is 0. The number of thioether (sulfide) groups is 1. The Kier molecular flexibility index (Phi) is 5.57. The van der Waals surface area contributed by atoms with Crippen molar-refractivity contribution in [1.82, 2.24) is 0 Å². The number of Topliss-reactive ketones (excluding diaryl/α,β-unsaturated/α-hetero) is 1. The van der Waals surface area contributed by atoms with Crippen LogP contribution in [0.4, 0.5) is 0 Å². The zero-order chi connectivity index (χ0) is 16.2. The molecule has 116 valence electrons. The zero-order valence-electron chi connectivity index (χ0n) is 12.3. The predicted molar refractivity (Wildman–Crippen MR) is 107 cm³/mol. The minimum absolute atomic E-state index is 0.162. The summed E-state index contributed by atoms with van der Waals surface area (Å²) in [5, 5.41) is 0. The molecule has 0 atom stereocenters. The van der Waals surface area contributed by atoms with Crippen LogP contribution < -0.4 is 0 Å². The molecule has 0 aliphatic carbocycles. The highest BCUT2D eigenvalue weighted by Crippen LogP contribution is 2.27. The fourth-order valence-electron chi connectivity index (χ4n) is 2.34. The minimum Gasteiger partial charge on any atom is -0.289 e. The van der Waals surface area contributed by atoms with Crippen LogP contribution >= 0.6 is 43.6 Å². The molecule has 0 radical (unpaired) electrons. The molecular formula is C19H14Br2OS. The summed E-state index contributed by atoms with van der Waals surface area (Å²) >= 11 is 8.64. The summed E-state index contributed by atoms with van der Waals surface area (Å²) in [6.45, 7) is 0. The fourth-order valence-corrected chi connectivity index (χ4v) is 3.84. The molecule has 2 aromatic carbocycles. The first-order valence-corrected chi connectivity index (χ1v) is 9.90. The van der Waals surface area contributed by atoms with Gasteiger partial charge in [0.2, 0.25) is 0 Å². The van der Waals surface area contributed by atoms with E-state index in [-0.39, 0.29) is 5.78 Å². The van der Waals surface area contributed by atoms with Crippen molar-refractivity contribution >= 4 is 61.6 Å². The predicted octanol–water partition coefficient (Wildman–Crippen LogP) is 5.99. The van der Waals surface area contributed by atoms with E-state index in [9.17, 15) is 4.79 Å². The van der Waals surface area contributed by atoms with Gasteiger partial charge in [0.1, 0.15) is 0 Å². The number of rotatable bonds is 2. The Morgan fingerprint density at radius 3 is 1.52 bits per heavy atom. The third-order valence-electron chi connectivity index (χ3n) is 3.52. The van der Waals surface area contributed by atoms with Gasteiger partial charge in [0.15, 0.2) is 5.78 Å². The summed E-state index contributed by atoms with van der Waals surface area (Å²) in [5.74, 6) is 1.70. The minimum atomic E-state index is 0.162.